The topological polar surface area (TPSA) is 90.9 Å². The third-order valence-electron chi connectivity index (χ3n) is 2.94. The molecule has 8 heteroatoms. The fourth-order valence-corrected chi connectivity index (χ4v) is 1.70. The van der Waals surface area contributed by atoms with E-state index in [1.165, 1.54) is 12.1 Å². The maximum atomic E-state index is 13.5. The van der Waals surface area contributed by atoms with Gasteiger partial charge in [-0.3, -0.25) is 4.79 Å². The molecule has 0 heterocycles. The van der Waals surface area contributed by atoms with Gasteiger partial charge >= 0.3 is 0 Å². The maximum Gasteiger partial charge on any atom is 0.267 e. The van der Waals surface area contributed by atoms with E-state index >= 15 is 0 Å². The second-order valence-corrected chi connectivity index (χ2v) is 4.61. The molecule has 0 fully saturated rings. The van der Waals surface area contributed by atoms with E-state index in [0.717, 1.165) is 18.3 Å². The summed E-state index contributed by atoms with van der Waals surface area (Å²) >= 11 is 0. The number of carbonyl (C=O) groups is 1. The first-order chi connectivity index (χ1) is 11.4. The van der Waals surface area contributed by atoms with Crippen molar-refractivity contribution in [3.05, 3.63) is 65.6 Å². The smallest absolute Gasteiger partial charge is 0.267 e. The van der Waals surface area contributed by atoms with Crippen molar-refractivity contribution in [1.29, 1.82) is 5.26 Å². The van der Waals surface area contributed by atoms with Crippen LogP contribution in [0.2, 0.25) is 0 Å². The van der Waals surface area contributed by atoms with Crippen molar-refractivity contribution in [2.45, 2.75) is 0 Å². The van der Waals surface area contributed by atoms with E-state index in [4.69, 9.17) is 11.0 Å². The van der Waals surface area contributed by atoms with Gasteiger partial charge in [-0.1, -0.05) is 0 Å². The first-order valence-electron chi connectivity index (χ1n) is 6.59. The van der Waals surface area contributed by atoms with Gasteiger partial charge in [0, 0.05) is 17.6 Å². The van der Waals surface area contributed by atoms with Crippen LogP contribution in [0.15, 0.2) is 48.2 Å². The highest BCUT2D eigenvalue weighted by molar-refractivity contribution is 6.06. The molecule has 4 N–H and O–H groups in total. The molecule has 0 aromatic heterocycles. The fourth-order valence-electron chi connectivity index (χ4n) is 1.70. The number of benzene rings is 2. The Morgan fingerprint density at radius 3 is 2.38 bits per heavy atom. The number of hydrogen-bond acceptors (Lipinski definition) is 4. The summed E-state index contributed by atoms with van der Waals surface area (Å²) < 4.78 is 39.5. The zero-order chi connectivity index (χ0) is 17.7. The van der Waals surface area contributed by atoms with E-state index in [9.17, 15) is 18.0 Å². The van der Waals surface area contributed by atoms with Crippen molar-refractivity contribution in [1.82, 2.24) is 0 Å². The number of anilines is 3. The van der Waals surface area contributed by atoms with Crippen molar-refractivity contribution in [3.8, 4) is 6.07 Å². The highest BCUT2D eigenvalue weighted by Crippen LogP contribution is 2.20. The first kappa shape index (κ1) is 16.9. The number of nitrogens with one attached hydrogen (secondary N) is 2. The number of nitrogens with two attached hydrogens (primary N) is 1. The molecule has 0 bridgehead atoms. The molecule has 122 valence electrons. The van der Waals surface area contributed by atoms with Gasteiger partial charge in [0.15, 0.2) is 17.5 Å². The van der Waals surface area contributed by atoms with Gasteiger partial charge in [-0.2, -0.15) is 5.26 Å². The van der Waals surface area contributed by atoms with E-state index in [1.807, 2.05) is 0 Å². The lowest BCUT2D eigenvalue weighted by Gasteiger charge is -2.06. The Labute approximate surface area is 135 Å². The zero-order valence-electron chi connectivity index (χ0n) is 12.1. The van der Waals surface area contributed by atoms with Gasteiger partial charge in [0.1, 0.15) is 11.6 Å². The lowest BCUT2D eigenvalue weighted by molar-refractivity contribution is -0.112. The highest BCUT2D eigenvalue weighted by Gasteiger charge is 2.14. The van der Waals surface area contributed by atoms with Crippen LogP contribution in [0.4, 0.5) is 30.2 Å². The number of nitrogens with zero attached hydrogens (tertiary/aromatic N) is 1. The third kappa shape index (κ3) is 3.84. The van der Waals surface area contributed by atoms with E-state index in [2.05, 4.69) is 10.6 Å². The molecule has 5 nitrogen and oxygen atoms in total. The molecule has 0 unspecified atom stereocenters. The molecule has 0 aliphatic heterocycles. The van der Waals surface area contributed by atoms with E-state index in [1.54, 1.807) is 18.2 Å². The Hall–Kier alpha value is -3.47. The molecule has 2 aromatic carbocycles. The van der Waals surface area contributed by atoms with Gasteiger partial charge in [0.25, 0.3) is 5.91 Å². The molecule has 0 radical (unpaired) electrons. The van der Waals surface area contributed by atoms with Crippen LogP contribution in [-0.4, -0.2) is 5.91 Å². The molecule has 0 saturated carbocycles. The monoisotopic (exact) mass is 332 g/mol. The number of halogens is 3. The van der Waals surface area contributed by atoms with Crippen LogP contribution < -0.4 is 16.4 Å². The van der Waals surface area contributed by atoms with E-state index in [0.29, 0.717) is 11.4 Å². The number of amides is 1. The van der Waals surface area contributed by atoms with Crippen LogP contribution in [0.3, 0.4) is 0 Å². The van der Waals surface area contributed by atoms with Gasteiger partial charge in [-0.15, -0.1) is 0 Å². The molecular formula is C16H11F3N4O. The summed E-state index contributed by atoms with van der Waals surface area (Å²) in [5.41, 5.74) is 5.60. The quantitative estimate of drug-likeness (QED) is 0.347. The number of nitrogen functional groups attached to an aromatic ring is 1. The molecule has 2 aromatic rings. The Morgan fingerprint density at radius 2 is 1.75 bits per heavy atom. The Morgan fingerprint density at radius 1 is 1.08 bits per heavy atom. The average Bonchev–Trinajstić information content (AvgIpc) is 2.57. The van der Waals surface area contributed by atoms with Crippen molar-refractivity contribution in [2.75, 3.05) is 16.4 Å². The van der Waals surface area contributed by atoms with Crippen molar-refractivity contribution < 1.29 is 18.0 Å². The van der Waals surface area contributed by atoms with Crippen LogP contribution in [-0.2, 0) is 4.79 Å². The fraction of sp³-hybridized carbons (Fsp3) is 0. The Bertz CT molecular complexity index is 842. The SMILES string of the molecule is N#C/C(=C/Nc1ccc(F)c(F)c1F)C(=O)Nc1ccc(N)cc1. The second-order valence-electron chi connectivity index (χ2n) is 4.61. The van der Waals surface area contributed by atoms with E-state index < -0.39 is 34.6 Å². The summed E-state index contributed by atoms with van der Waals surface area (Å²) in [5, 5.41) is 13.7. The third-order valence-corrected chi connectivity index (χ3v) is 2.94. The standard InChI is InChI=1S/C16H11F3N4O/c17-12-5-6-13(15(19)14(12)18)22-8-9(7-20)16(24)23-11-3-1-10(21)2-4-11/h1-6,8,22H,21H2,(H,23,24)/b9-8-. The van der Waals surface area contributed by atoms with Gasteiger partial charge in [0.2, 0.25) is 0 Å². The normalized spacial score (nSPS) is 10.8. The number of rotatable bonds is 4. The minimum Gasteiger partial charge on any atom is -0.399 e. The molecule has 1 amide bonds. The van der Waals surface area contributed by atoms with Gasteiger partial charge < -0.3 is 16.4 Å². The lowest BCUT2D eigenvalue weighted by Crippen LogP contribution is -2.14. The molecule has 2 rings (SSSR count). The van der Waals surface area contributed by atoms with Crippen LogP contribution in [0.25, 0.3) is 0 Å². The zero-order valence-corrected chi connectivity index (χ0v) is 12.1. The predicted octanol–water partition coefficient (Wildman–Crippen LogP) is 3.14. The summed E-state index contributed by atoms with van der Waals surface area (Å²) in [6, 6.07) is 9.46. The van der Waals surface area contributed by atoms with Gasteiger partial charge in [0.05, 0.1) is 5.69 Å². The average molecular weight is 332 g/mol. The molecular weight excluding hydrogens is 321 g/mol. The number of nitriles is 1. The number of hydrogen-bond donors (Lipinski definition) is 3. The molecule has 0 atom stereocenters. The predicted molar refractivity (Wildman–Crippen MR) is 83.1 cm³/mol. The maximum absolute atomic E-state index is 13.5. The first-order valence-corrected chi connectivity index (χ1v) is 6.59. The minimum absolute atomic E-state index is 0.393. The summed E-state index contributed by atoms with van der Waals surface area (Å²) in [4.78, 5) is 12.0. The van der Waals surface area contributed by atoms with Crippen LogP contribution in [0.5, 0.6) is 0 Å². The molecule has 0 aliphatic rings. The van der Waals surface area contributed by atoms with Crippen LogP contribution >= 0.6 is 0 Å². The van der Waals surface area contributed by atoms with Gasteiger partial charge in [-0.25, -0.2) is 13.2 Å². The Balaban J connectivity index is 2.14. The van der Waals surface area contributed by atoms with Crippen molar-refractivity contribution in [3.63, 3.8) is 0 Å². The molecule has 0 saturated heterocycles. The second kappa shape index (κ2) is 7.19. The van der Waals surface area contributed by atoms with Gasteiger partial charge in [-0.05, 0) is 36.4 Å². The van der Waals surface area contributed by atoms with Crippen molar-refractivity contribution >= 4 is 23.0 Å². The Kier molecular flexibility index (Phi) is 5.06. The highest BCUT2D eigenvalue weighted by atomic mass is 19.2. The summed E-state index contributed by atoms with van der Waals surface area (Å²) in [5.74, 6) is -5.22. The minimum atomic E-state index is -1.65. The van der Waals surface area contributed by atoms with E-state index in [-0.39, 0.29) is 0 Å². The summed E-state index contributed by atoms with van der Waals surface area (Å²) in [6.45, 7) is 0. The largest absolute Gasteiger partial charge is 0.399 e. The molecule has 0 aliphatic carbocycles. The van der Waals surface area contributed by atoms with Crippen LogP contribution in [0, 0.1) is 28.8 Å². The van der Waals surface area contributed by atoms with Crippen LogP contribution in [0.1, 0.15) is 0 Å². The number of carbonyl (C=O) groups excluding carboxylic acids is 1. The lowest BCUT2D eigenvalue weighted by atomic mass is 10.2. The summed E-state index contributed by atoms with van der Waals surface area (Å²) in [7, 11) is 0. The summed E-state index contributed by atoms with van der Waals surface area (Å²) in [6.07, 6.45) is 0.891. The van der Waals surface area contributed by atoms with Crippen molar-refractivity contribution in [2.24, 2.45) is 0 Å². The molecule has 0 spiro atoms. The molecule has 24 heavy (non-hydrogen) atoms.